The molecule has 0 unspecified atom stereocenters. The molecule has 8 heteroatoms. The van der Waals surface area contributed by atoms with Gasteiger partial charge in [0.15, 0.2) is 0 Å². The van der Waals surface area contributed by atoms with Gasteiger partial charge in [0.2, 0.25) is 0 Å². The first-order valence-electron chi connectivity index (χ1n) is 9.65. The van der Waals surface area contributed by atoms with E-state index in [9.17, 15) is 4.79 Å². The molecule has 0 bridgehead atoms. The molecular weight excluding hydrogens is 388 g/mol. The third kappa shape index (κ3) is 7.21. The molecule has 30 heavy (non-hydrogen) atoms. The van der Waals surface area contributed by atoms with Crippen LogP contribution in [0.3, 0.4) is 0 Å². The molecule has 0 radical (unpaired) electrons. The van der Waals surface area contributed by atoms with Crippen LogP contribution >= 0.6 is 0 Å². The Labute approximate surface area is 175 Å². The molecule has 1 heterocycles. The zero-order valence-electron chi connectivity index (χ0n) is 16.9. The Hall–Kier alpha value is -3.39. The Kier molecular flexibility index (Phi) is 8.83. The van der Waals surface area contributed by atoms with Gasteiger partial charge >= 0.3 is 11.9 Å². The predicted octanol–water partition coefficient (Wildman–Crippen LogP) is 2.20. The van der Waals surface area contributed by atoms with Gasteiger partial charge in [0, 0.05) is 38.3 Å². The number of piperazine rings is 1. The SMILES string of the molecule is CCOc1ccc(CN2CCN(C(=O)c3ccccc3)CC2)cc1.O=C(O)C(=O)O. The van der Waals surface area contributed by atoms with Crippen molar-refractivity contribution in [1.82, 2.24) is 9.80 Å². The fourth-order valence-corrected chi connectivity index (χ4v) is 2.99. The lowest BCUT2D eigenvalue weighted by Gasteiger charge is -2.34. The molecule has 0 atom stereocenters. The zero-order chi connectivity index (χ0) is 21.9. The van der Waals surface area contributed by atoms with Gasteiger partial charge in [0.05, 0.1) is 6.61 Å². The van der Waals surface area contributed by atoms with Crippen LogP contribution < -0.4 is 4.74 Å². The van der Waals surface area contributed by atoms with Crippen LogP contribution in [0.5, 0.6) is 5.75 Å². The monoisotopic (exact) mass is 414 g/mol. The minimum Gasteiger partial charge on any atom is -0.494 e. The lowest BCUT2D eigenvalue weighted by atomic mass is 10.1. The molecule has 1 saturated heterocycles. The number of hydrogen-bond acceptors (Lipinski definition) is 5. The fraction of sp³-hybridized carbons (Fsp3) is 0.318. The van der Waals surface area contributed by atoms with Crippen molar-refractivity contribution >= 4 is 17.8 Å². The number of carbonyl (C=O) groups is 3. The van der Waals surface area contributed by atoms with Crippen molar-refractivity contribution in [2.75, 3.05) is 32.8 Å². The number of amides is 1. The van der Waals surface area contributed by atoms with Gasteiger partial charge < -0.3 is 19.8 Å². The molecule has 1 fully saturated rings. The summed E-state index contributed by atoms with van der Waals surface area (Å²) in [6, 6.07) is 17.8. The van der Waals surface area contributed by atoms with Gasteiger partial charge in [-0.25, -0.2) is 9.59 Å². The minimum atomic E-state index is -1.82. The van der Waals surface area contributed by atoms with E-state index in [0.717, 1.165) is 44.0 Å². The Morgan fingerprint density at radius 3 is 1.93 bits per heavy atom. The van der Waals surface area contributed by atoms with E-state index in [0.29, 0.717) is 6.61 Å². The van der Waals surface area contributed by atoms with Crippen molar-refractivity contribution in [3.8, 4) is 5.75 Å². The van der Waals surface area contributed by atoms with Gasteiger partial charge in [-0.15, -0.1) is 0 Å². The Morgan fingerprint density at radius 1 is 0.867 bits per heavy atom. The third-order valence-electron chi connectivity index (χ3n) is 4.50. The van der Waals surface area contributed by atoms with E-state index in [-0.39, 0.29) is 5.91 Å². The molecule has 1 aliphatic rings. The Balaban J connectivity index is 0.000000469. The number of carbonyl (C=O) groups excluding carboxylic acids is 1. The average Bonchev–Trinajstić information content (AvgIpc) is 2.76. The summed E-state index contributed by atoms with van der Waals surface area (Å²) in [5.41, 5.74) is 2.05. The largest absolute Gasteiger partial charge is 0.494 e. The quantitative estimate of drug-likeness (QED) is 0.722. The van der Waals surface area contributed by atoms with E-state index >= 15 is 0 Å². The molecule has 160 valence electrons. The smallest absolute Gasteiger partial charge is 0.414 e. The third-order valence-corrected chi connectivity index (χ3v) is 4.50. The maximum Gasteiger partial charge on any atom is 0.414 e. The predicted molar refractivity (Wildman–Crippen MR) is 111 cm³/mol. The first-order chi connectivity index (χ1) is 14.4. The van der Waals surface area contributed by atoms with E-state index in [1.165, 1.54) is 5.56 Å². The van der Waals surface area contributed by atoms with Crippen molar-refractivity contribution < 1.29 is 29.3 Å². The highest BCUT2D eigenvalue weighted by Crippen LogP contribution is 2.15. The molecular formula is C22H26N2O6. The molecule has 1 aliphatic heterocycles. The van der Waals surface area contributed by atoms with Crippen molar-refractivity contribution in [2.45, 2.75) is 13.5 Å². The number of carboxylic acids is 2. The number of carboxylic acid groups (broad SMARTS) is 2. The van der Waals surface area contributed by atoms with E-state index in [1.54, 1.807) is 0 Å². The summed E-state index contributed by atoms with van der Waals surface area (Å²) >= 11 is 0. The number of aliphatic carboxylic acids is 2. The summed E-state index contributed by atoms with van der Waals surface area (Å²) in [6.07, 6.45) is 0. The second kappa shape index (κ2) is 11.6. The number of ether oxygens (including phenoxy) is 1. The highest BCUT2D eigenvalue weighted by molar-refractivity contribution is 6.27. The fourth-order valence-electron chi connectivity index (χ4n) is 2.99. The van der Waals surface area contributed by atoms with Gasteiger partial charge in [-0.3, -0.25) is 9.69 Å². The summed E-state index contributed by atoms with van der Waals surface area (Å²) in [7, 11) is 0. The second-order valence-corrected chi connectivity index (χ2v) is 6.62. The number of hydrogen-bond donors (Lipinski definition) is 2. The van der Waals surface area contributed by atoms with Crippen LogP contribution in [0, 0.1) is 0 Å². The van der Waals surface area contributed by atoms with E-state index in [2.05, 4.69) is 17.0 Å². The van der Waals surface area contributed by atoms with Crippen LogP contribution in [-0.4, -0.2) is 70.6 Å². The normalized spacial score (nSPS) is 13.7. The minimum absolute atomic E-state index is 0.135. The van der Waals surface area contributed by atoms with Gasteiger partial charge in [-0.1, -0.05) is 30.3 Å². The highest BCUT2D eigenvalue weighted by Gasteiger charge is 2.21. The Morgan fingerprint density at radius 2 is 1.43 bits per heavy atom. The topological polar surface area (TPSA) is 107 Å². The van der Waals surface area contributed by atoms with Crippen LogP contribution in [0.4, 0.5) is 0 Å². The highest BCUT2D eigenvalue weighted by atomic mass is 16.5. The maximum absolute atomic E-state index is 12.5. The maximum atomic E-state index is 12.5. The van der Waals surface area contributed by atoms with E-state index in [1.807, 2.05) is 54.3 Å². The summed E-state index contributed by atoms with van der Waals surface area (Å²) in [5, 5.41) is 14.8. The van der Waals surface area contributed by atoms with Crippen molar-refractivity contribution in [1.29, 1.82) is 0 Å². The Bertz CT molecular complexity index is 818. The molecule has 2 aromatic rings. The summed E-state index contributed by atoms with van der Waals surface area (Å²) in [6.45, 7) is 6.98. The molecule has 0 aliphatic carbocycles. The van der Waals surface area contributed by atoms with Crippen LogP contribution in [0.15, 0.2) is 54.6 Å². The number of rotatable bonds is 5. The zero-order valence-corrected chi connectivity index (χ0v) is 16.9. The van der Waals surface area contributed by atoms with Crippen LogP contribution in [0.25, 0.3) is 0 Å². The van der Waals surface area contributed by atoms with E-state index in [4.69, 9.17) is 24.5 Å². The molecule has 2 aromatic carbocycles. The van der Waals surface area contributed by atoms with Crippen molar-refractivity contribution in [3.05, 3.63) is 65.7 Å². The van der Waals surface area contributed by atoms with E-state index < -0.39 is 11.9 Å². The standard InChI is InChI=1S/C20H24N2O2.C2H2O4/c1-2-24-19-10-8-17(9-11-19)16-21-12-14-22(15-13-21)20(23)18-6-4-3-5-7-18;3-1(4)2(5)6/h3-11H,2,12-16H2,1H3;(H,3,4)(H,5,6). The van der Waals surface area contributed by atoms with Gasteiger partial charge in [-0.2, -0.15) is 0 Å². The molecule has 0 aromatic heterocycles. The number of nitrogens with zero attached hydrogens (tertiary/aromatic N) is 2. The number of benzene rings is 2. The molecule has 0 saturated carbocycles. The van der Waals surface area contributed by atoms with Crippen LogP contribution in [0.1, 0.15) is 22.8 Å². The molecule has 2 N–H and O–H groups in total. The van der Waals surface area contributed by atoms with Crippen molar-refractivity contribution in [3.63, 3.8) is 0 Å². The lowest BCUT2D eigenvalue weighted by molar-refractivity contribution is -0.159. The lowest BCUT2D eigenvalue weighted by Crippen LogP contribution is -2.48. The van der Waals surface area contributed by atoms with Crippen LogP contribution in [-0.2, 0) is 16.1 Å². The molecule has 3 rings (SSSR count). The first kappa shape index (κ1) is 22.9. The summed E-state index contributed by atoms with van der Waals surface area (Å²) < 4.78 is 5.48. The van der Waals surface area contributed by atoms with Crippen molar-refractivity contribution in [2.24, 2.45) is 0 Å². The summed E-state index contributed by atoms with van der Waals surface area (Å²) in [4.78, 5) is 35.0. The molecule has 8 nitrogen and oxygen atoms in total. The van der Waals surface area contributed by atoms with Gasteiger partial charge in [0.25, 0.3) is 5.91 Å². The van der Waals surface area contributed by atoms with Crippen LogP contribution in [0.2, 0.25) is 0 Å². The van der Waals surface area contributed by atoms with Gasteiger partial charge in [0.1, 0.15) is 5.75 Å². The first-order valence-corrected chi connectivity index (χ1v) is 9.65. The summed E-state index contributed by atoms with van der Waals surface area (Å²) in [5.74, 6) is -2.60. The molecule has 1 amide bonds. The molecule has 0 spiro atoms. The second-order valence-electron chi connectivity index (χ2n) is 6.62. The average molecular weight is 414 g/mol. The van der Waals surface area contributed by atoms with Gasteiger partial charge in [-0.05, 0) is 36.8 Å².